The summed E-state index contributed by atoms with van der Waals surface area (Å²) in [4.78, 5) is 5.27. The Bertz CT molecular complexity index is 661. The number of rotatable bonds is 3. The lowest BCUT2D eigenvalue weighted by atomic mass is 10.2. The van der Waals surface area contributed by atoms with Crippen LogP contribution in [0.2, 0.25) is 0 Å². The lowest BCUT2D eigenvalue weighted by molar-refractivity contribution is 0.308. The van der Waals surface area contributed by atoms with E-state index in [1.807, 2.05) is 12.1 Å². The third kappa shape index (κ3) is 2.36. The monoisotopic (exact) mass is 255 g/mol. The number of aromatic nitrogens is 1. The number of benzene rings is 1. The summed E-state index contributed by atoms with van der Waals surface area (Å²) in [6.07, 6.45) is 3.48. The fraction of sp³-hybridized carbons (Fsp3) is 0.133. The Morgan fingerprint density at radius 2 is 2.17 bits per heavy atom. The van der Waals surface area contributed by atoms with E-state index in [0.29, 0.717) is 6.61 Å². The van der Waals surface area contributed by atoms with Crippen LogP contribution in [0.25, 0.3) is 10.1 Å². The van der Waals surface area contributed by atoms with Gasteiger partial charge in [0.1, 0.15) is 12.4 Å². The molecule has 0 bridgehead atoms. The fourth-order valence-electron chi connectivity index (χ4n) is 1.85. The normalized spacial score (nSPS) is 10.7. The Hall–Kier alpha value is -1.87. The smallest absolute Gasteiger partial charge is 0.138 e. The maximum absolute atomic E-state index is 5.70. The van der Waals surface area contributed by atoms with Gasteiger partial charge in [-0.2, -0.15) is 0 Å². The van der Waals surface area contributed by atoms with Gasteiger partial charge in [0.05, 0.1) is 6.20 Å². The Morgan fingerprint density at radius 1 is 1.22 bits per heavy atom. The maximum Gasteiger partial charge on any atom is 0.138 e. The molecule has 0 aliphatic rings. The van der Waals surface area contributed by atoms with E-state index in [1.165, 1.54) is 20.5 Å². The number of thiophene rings is 1. The average Bonchev–Trinajstić information content (AvgIpc) is 2.79. The first kappa shape index (κ1) is 11.2. The first-order valence-electron chi connectivity index (χ1n) is 5.83. The predicted octanol–water partition coefficient (Wildman–Crippen LogP) is 4.18. The second-order valence-corrected chi connectivity index (χ2v) is 5.40. The van der Waals surface area contributed by atoms with Crippen LogP contribution >= 0.6 is 11.3 Å². The molecule has 0 radical (unpaired) electrons. The fourth-order valence-corrected chi connectivity index (χ4v) is 2.93. The molecule has 0 saturated heterocycles. The average molecular weight is 255 g/mol. The van der Waals surface area contributed by atoms with Crippen LogP contribution in [0.3, 0.4) is 0 Å². The molecule has 18 heavy (non-hydrogen) atoms. The van der Waals surface area contributed by atoms with E-state index in [2.05, 4.69) is 36.2 Å². The molecule has 0 saturated carbocycles. The molecule has 0 aliphatic carbocycles. The zero-order chi connectivity index (χ0) is 12.4. The third-order valence-electron chi connectivity index (χ3n) is 2.74. The zero-order valence-electron chi connectivity index (χ0n) is 10.1. The molecule has 90 valence electrons. The minimum absolute atomic E-state index is 0.601. The second kappa shape index (κ2) is 4.78. The molecule has 0 aliphatic heterocycles. The number of pyridine rings is 1. The minimum atomic E-state index is 0.601. The van der Waals surface area contributed by atoms with Gasteiger partial charge in [-0.3, -0.25) is 4.98 Å². The van der Waals surface area contributed by atoms with Gasteiger partial charge in [0.2, 0.25) is 0 Å². The number of fused-ring (bicyclic) bond motifs is 1. The zero-order valence-corrected chi connectivity index (χ0v) is 10.9. The molecular formula is C15H13NOS. The maximum atomic E-state index is 5.70. The molecule has 2 heterocycles. The summed E-state index contributed by atoms with van der Waals surface area (Å²) in [7, 11) is 0. The lowest BCUT2D eigenvalue weighted by Crippen LogP contribution is -1.92. The first-order chi connectivity index (χ1) is 8.81. The van der Waals surface area contributed by atoms with Gasteiger partial charge < -0.3 is 4.74 Å². The van der Waals surface area contributed by atoms with E-state index in [4.69, 9.17) is 4.74 Å². The van der Waals surface area contributed by atoms with Crippen LogP contribution in [0.4, 0.5) is 0 Å². The van der Waals surface area contributed by atoms with Gasteiger partial charge in [0.15, 0.2) is 0 Å². The molecule has 1 aromatic carbocycles. The SMILES string of the molecule is Cc1ccc2cc(COc3cccnc3)sc2c1. The highest BCUT2D eigenvalue weighted by Crippen LogP contribution is 2.27. The molecule has 3 heteroatoms. The summed E-state index contributed by atoms with van der Waals surface area (Å²) in [5.41, 5.74) is 1.30. The minimum Gasteiger partial charge on any atom is -0.486 e. The van der Waals surface area contributed by atoms with Gasteiger partial charge in [-0.1, -0.05) is 12.1 Å². The predicted molar refractivity (Wildman–Crippen MR) is 75.1 cm³/mol. The van der Waals surface area contributed by atoms with Gasteiger partial charge in [0, 0.05) is 15.8 Å². The van der Waals surface area contributed by atoms with E-state index < -0.39 is 0 Å². The van der Waals surface area contributed by atoms with Crippen molar-refractivity contribution in [3.05, 3.63) is 59.2 Å². The Balaban J connectivity index is 1.79. The van der Waals surface area contributed by atoms with E-state index in [0.717, 1.165) is 5.75 Å². The Kier molecular flexibility index (Phi) is 2.99. The molecule has 0 amide bonds. The van der Waals surface area contributed by atoms with Crippen LogP contribution < -0.4 is 4.74 Å². The quantitative estimate of drug-likeness (QED) is 0.700. The van der Waals surface area contributed by atoms with Crippen LogP contribution in [0.5, 0.6) is 5.75 Å². The number of hydrogen-bond acceptors (Lipinski definition) is 3. The molecule has 0 atom stereocenters. The highest BCUT2D eigenvalue weighted by atomic mass is 32.1. The number of nitrogens with zero attached hydrogens (tertiary/aromatic N) is 1. The van der Waals surface area contributed by atoms with Gasteiger partial charge in [-0.15, -0.1) is 11.3 Å². The highest BCUT2D eigenvalue weighted by Gasteiger charge is 2.03. The van der Waals surface area contributed by atoms with Gasteiger partial charge in [0.25, 0.3) is 0 Å². The van der Waals surface area contributed by atoms with Crippen molar-refractivity contribution in [2.45, 2.75) is 13.5 Å². The summed E-state index contributed by atoms with van der Waals surface area (Å²) in [6.45, 7) is 2.72. The summed E-state index contributed by atoms with van der Waals surface area (Å²) in [5, 5.41) is 1.29. The van der Waals surface area contributed by atoms with E-state index in [9.17, 15) is 0 Å². The molecule has 3 aromatic rings. The standard InChI is InChI=1S/C15H13NOS/c1-11-4-5-12-8-14(18-15(12)7-11)10-17-13-3-2-6-16-9-13/h2-9H,10H2,1H3. The van der Waals surface area contributed by atoms with E-state index >= 15 is 0 Å². The molecule has 0 fully saturated rings. The largest absolute Gasteiger partial charge is 0.486 e. The molecule has 0 spiro atoms. The summed E-state index contributed by atoms with van der Waals surface area (Å²) < 4.78 is 7.02. The number of aryl methyl sites for hydroxylation is 1. The third-order valence-corrected chi connectivity index (χ3v) is 3.81. The molecule has 2 nitrogen and oxygen atoms in total. The van der Waals surface area contributed by atoms with Crippen LogP contribution in [0, 0.1) is 6.92 Å². The van der Waals surface area contributed by atoms with Gasteiger partial charge >= 0.3 is 0 Å². The highest BCUT2D eigenvalue weighted by molar-refractivity contribution is 7.19. The summed E-state index contributed by atoms with van der Waals surface area (Å²) >= 11 is 1.79. The van der Waals surface area contributed by atoms with Crippen molar-refractivity contribution < 1.29 is 4.74 Å². The second-order valence-electron chi connectivity index (χ2n) is 4.23. The van der Waals surface area contributed by atoms with E-state index in [1.54, 1.807) is 23.7 Å². The molecule has 0 unspecified atom stereocenters. The van der Waals surface area contributed by atoms with Gasteiger partial charge in [-0.05, 0) is 42.1 Å². The van der Waals surface area contributed by atoms with Gasteiger partial charge in [-0.25, -0.2) is 0 Å². The molecular weight excluding hydrogens is 242 g/mol. The summed E-state index contributed by atoms with van der Waals surface area (Å²) in [6, 6.07) is 12.5. The van der Waals surface area contributed by atoms with Crippen LogP contribution in [0.15, 0.2) is 48.8 Å². The van der Waals surface area contributed by atoms with Crippen molar-refractivity contribution in [1.29, 1.82) is 0 Å². The van der Waals surface area contributed by atoms with E-state index in [-0.39, 0.29) is 0 Å². The molecule has 3 rings (SSSR count). The van der Waals surface area contributed by atoms with Crippen molar-refractivity contribution in [2.75, 3.05) is 0 Å². The molecule has 2 aromatic heterocycles. The number of hydrogen-bond donors (Lipinski definition) is 0. The first-order valence-corrected chi connectivity index (χ1v) is 6.65. The lowest BCUT2D eigenvalue weighted by Gasteiger charge is -2.02. The number of ether oxygens (including phenoxy) is 1. The molecule has 0 N–H and O–H groups in total. The van der Waals surface area contributed by atoms with Crippen molar-refractivity contribution >= 4 is 21.4 Å². The van der Waals surface area contributed by atoms with Crippen molar-refractivity contribution in [3.8, 4) is 5.75 Å². The topological polar surface area (TPSA) is 22.1 Å². The Labute approximate surface area is 110 Å². The van der Waals surface area contributed by atoms with Crippen LogP contribution in [0.1, 0.15) is 10.4 Å². The summed E-state index contributed by atoms with van der Waals surface area (Å²) in [5.74, 6) is 0.811. The van der Waals surface area contributed by atoms with Crippen molar-refractivity contribution in [2.24, 2.45) is 0 Å². The Morgan fingerprint density at radius 3 is 3.00 bits per heavy atom. The van der Waals surface area contributed by atoms with Crippen molar-refractivity contribution in [1.82, 2.24) is 4.98 Å². The van der Waals surface area contributed by atoms with Crippen LogP contribution in [-0.2, 0) is 6.61 Å². The van der Waals surface area contributed by atoms with Crippen LogP contribution in [-0.4, -0.2) is 4.98 Å². The van der Waals surface area contributed by atoms with Crippen molar-refractivity contribution in [3.63, 3.8) is 0 Å².